The molecule has 4 heteroatoms. The highest BCUT2D eigenvalue weighted by Crippen LogP contribution is 2.16. The Morgan fingerprint density at radius 2 is 2.38 bits per heavy atom. The third kappa shape index (κ3) is 3.19. The van der Waals surface area contributed by atoms with Gasteiger partial charge < -0.3 is 15.8 Å². The van der Waals surface area contributed by atoms with Gasteiger partial charge in [0.15, 0.2) is 6.61 Å². The molecule has 0 aromatic rings. The third-order valence-electron chi connectivity index (χ3n) is 1.83. The average Bonchev–Trinajstić information content (AvgIpc) is 2.15. The van der Waals surface area contributed by atoms with Crippen LogP contribution in [0.15, 0.2) is 23.6 Å². The quantitative estimate of drug-likeness (QED) is 0.656. The maximum atomic E-state index is 10.4. The Morgan fingerprint density at radius 3 is 2.85 bits per heavy atom. The molecule has 0 bridgehead atoms. The number of allylic oxidation sites excluding steroid dienone is 4. The zero-order valence-electron chi connectivity index (χ0n) is 7.67. The van der Waals surface area contributed by atoms with Crippen LogP contribution in [0.3, 0.4) is 0 Å². The zero-order chi connectivity index (χ0) is 9.68. The highest BCUT2D eigenvalue weighted by molar-refractivity contribution is 5.75. The predicted molar refractivity (Wildman–Crippen MR) is 49.6 cm³/mol. The van der Waals surface area contributed by atoms with Crippen LogP contribution in [-0.2, 0) is 9.53 Å². The Hall–Kier alpha value is -1.45. The molecule has 0 fully saturated rings. The van der Waals surface area contributed by atoms with Gasteiger partial charge in [0.05, 0.1) is 5.76 Å². The summed E-state index contributed by atoms with van der Waals surface area (Å²) in [6, 6.07) is 0. The number of nitrogens with two attached hydrogens (primary N) is 1. The first-order valence-electron chi connectivity index (χ1n) is 4.21. The minimum Gasteiger partial charge on any atom is -0.488 e. The van der Waals surface area contributed by atoms with Gasteiger partial charge in [-0.25, -0.2) is 0 Å². The Bertz CT molecular complexity index is 256. The number of nitrogens with one attached hydrogen (secondary N) is 1. The largest absolute Gasteiger partial charge is 0.488 e. The summed E-state index contributed by atoms with van der Waals surface area (Å²) in [6.07, 6.45) is 5.54. The number of carbonyl (C=O) groups excluding carboxylic acids is 1. The van der Waals surface area contributed by atoms with E-state index in [9.17, 15) is 4.79 Å². The van der Waals surface area contributed by atoms with Crippen molar-refractivity contribution in [1.29, 1.82) is 0 Å². The van der Waals surface area contributed by atoms with Gasteiger partial charge in [-0.05, 0) is 18.6 Å². The number of hydrogen-bond donors (Lipinski definition) is 2. The fourth-order valence-corrected chi connectivity index (χ4v) is 1.11. The van der Waals surface area contributed by atoms with Crippen molar-refractivity contribution in [2.24, 2.45) is 5.73 Å². The van der Waals surface area contributed by atoms with Crippen LogP contribution in [-0.4, -0.2) is 19.6 Å². The fourth-order valence-electron chi connectivity index (χ4n) is 1.11. The summed E-state index contributed by atoms with van der Waals surface area (Å²) in [7, 11) is 1.88. The predicted octanol–water partition coefficient (Wildman–Crippen LogP) is 0.269. The van der Waals surface area contributed by atoms with Gasteiger partial charge in [0, 0.05) is 19.2 Å². The molecule has 0 aliphatic heterocycles. The Morgan fingerprint density at radius 1 is 1.62 bits per heavy atom. The van der Waals surface area contributed by atoms with Crippen LogP contribution in [0.25, 0.3) is 0 Å². The molecule has 0 atom stereocenters. The van der Waals surface area contributed by atoms with Crippen molar-refractivity contribution in [3.63, 3.8) is 0 Å². The highest BCUT2D eigenvalue weighted by atomic mass is 16.5. The number of rotatable bonds is 4. The molecular weight excluding hydrogens is 168 g/mol. The molecule has 1 rings (SSSR count). The minimum atomic E-state index is -0.440. The smallest absolute Gasteiger partial charge is 0.255 e. The van der Waals surface area contributed by atoms with Crippen LogP contribution in [0, 0.1) is 0 Å². The molecule has 1 aliphatic carbocycles. The minimum absolute atomic E-state index is 0.0332. The van der Waals surface area contributed by atoms with Gasteiger partial charge in [-0.2, -0.15) is 0 Å². The van der Waals surface area contributed by atoms with E-state index in [0.717, 1.165) is 18.6 Å². The van der Waals surface area contributed by atoms with Crippen molar-refractivity contribution in [3.05, 3.63) is 23.6 Å². The van der Waals surface area contributed by atoms with Crippen LogP contribution in [0.1, 0.15) is 12.8 Å². The van der Waals surface area contributed by atoms with E-state index in [2.05, 4.69) is 5.32 Å². The zero-order valence-corrected chi connectivity index (χ0v) is 7.67. The number of ether oxygens (including phenoxy) is 1. The lowest BCUT2D eigenvalue weighted by Crippen LogP contribution is -2.18. The van der Waals surface area contributed by atoms with Gasteiger partial charge in [-0.15, -0.1) is 0 Å². The molecule has 13 heavy (non-hydrogen) atoms. The van der Waals surface area contributed by atoms with Crippen molar-refractivity contribution >= 4 is 5.91 Å². The van der Waals surface area contributed by atoms with Crippen LogP contribution < -0.4 is 11.1 Å². The molecule has 1 aliphatic rings. The van der Waals surface area contributed by atoms with Crippen LogP contribution in [0.5, 0.6) is 0 Å². The summed E-state index contributed by atoms with van der Waals surface area (Å²) in [5.74, 6) is 0.377. The van der Waals surface area contributed by atoms with Gasteiger partial charge in [0.25, 0.3) is 5.91 Å². The highest BCUT2D eigenvalue weighted by Gasteiger charge is 2.06. The first-order valence-corrected chi connectivity index (χ1v) is 4.21. The molecule has 0 saturated heterocycles. The maximum Gasteiger partial charge on any atom is 0.255 e. The molecule has 1 amide bonds. The van der Waals surface area contributed by atoms with Gasteiger partial charge >= 0.3 is 0 Å². The second kappa shape index (κ2) is 4.54. The third-order valence-corrected chi connectivity index (χ3v) is 1.83. The van der Waals surface area contributed by atoms with E-state index in [0.29, 0.717) is 0 Å². The Labute approximate surface area is 77.4 Å². The fraction of sp³-hybridized carbons (Fsp3) is 0.444. The molecule has 0 heterocycles. The van der Waals surface area contributed by atoms with E-state index in [1.54, 1.807) is 0 Å². The topological polar surface area (TPSA) is 64.3 Å². The van der Waals surface area contributed by atoms with Gasteiger partial charge in [-0.1, -0.05) is 0 Å². The van der Waals surface area contributed by atoms with Crippen LogP contribution in [0.4, 0.5) is 0 Å². The van der Waals surface area contributed by atoms with Crippen molar-refractivity contribution in [2.45, 2.75) is 12.8 Å². The molecule has 72 valence electrons. The first kappa shape index (κ1) is 9.64. The normalized spacial score (nSPS) is 15.8. The Kier molecular flexibility index (Phi) is 3.37. The van der Waals surface area contributed by atoms with E-state index in [4.69, 9.17) is 10.5 Å². The number of hydrogen-bond acceptors (Lipinski definition) is 3. The molecule has 0 saturated carbocycles. The summed E-state index contributed by atoms with van der Waals surface area (Å²) < 4.78 is 5.15. The average molecular weight is 182 g/mol. The van der Waals surface area contributed by atoms with Crippen LogP contribution in [0.2, 0.25) is 0 Å². The van der Waals surface area contributed by atoms with E-state index >= 15 is 0 Å². The summed E-state index contributed by atoms with van der Waals surface area (Å²) in [5.41, 5.74) is 6.12. The lowest BCUT2D eigenvalue weighted by atomic mass is 10.1. The molecule has 0 unspecified atom stereocenters. The summed E-state index contributed by atoms with van der Waals surface area (Å²) in [4.78, 5) is 10.4. The van der Waals surface area contributed by atoms with Crippen LogP contribution >= 0.6 is 0 Å². The van der Waals surface area contributed by atoms with E-state index in [1.165, 1.54) is 5.70 Å². The monoisotopic (exact) mass is 182 g/mol. The van der Waals surface area contributed by atoms with E-state index in [1.807, 2.05) is 19.2 Å². The lowest BCUT2D eigenvalue weighted by molar-refractivity contribution is -0.121. The summed E-state index contributed by atoms with van der Waals surface area (Å²) in [5, 5.41) is 3.06. The number of amides is 1. The van der Waals surface area contributed by atoms with Gasteiger partial charge in [-0.3, -0.25) is 4.79 Å². The van der Waals surface area contributed by atoms with Gasteiger partial charge in [0.2, 0.25) is 0 Å². The molecule has 4 nitrogen and oxygen atoms in total. The van der Waals surface area contributed by atoms with Crippen molar-refractivity contribution in [3.8, 4) is 0 Å². The molecule has 3 N–H and O–H groups in total. The van der Waals surface area contributed by atoms with E-state index < -0.39 is 5.91 Å². The van der Waals surface area contributed by atoms with Gasteiger partial charge in [0.1, 0.15) is 0 Å². The summed E-state index contributed by atoms with van der Waals surface area (Å²) in [6.45, 7) is -0.0332. The van der Waals surface area contributed by atoms with E-state index in [-0.39, 0.29) is 6.61 Å². The lowest BCUT2D eigenvalue weighted by Gasteiger charge is -2.14. The summed E-state index contributed by atoms with van der Waals surface area (Å²) >= 11 is 0. The van der Waals surface area contributed by atoms with Crippen molar-refractivity contribution < 1.29 is 9.53 Å². The molecule has 0 aromatic heterocycles. The number of carbonyl (C=O) groups is 1. The van der Waals surface area contributed by atoms with Crippen molar-refractivity contribution in [2.75, 3.05) is 13.7 Å². The standard InChI is InChI=1S/C9H14N2O2/c1-11-7-2-4-8(5-3-7)13-6-9(10)12/h2,4,11H,3,5-6H2,1H3,(H2,10,12). The second-order valence-corrected chi connectivity index (χ2v) is 2.83. The first-order chi connectivity index (χ1) is 6.22. The SMILES string of the molecule is CNC1=CC=C(OCC(N)=O)CC1. The molecular formula is C9H14N2O2. The maximum absolute atomic E-state index is 10.4. The molecule has 0 aromatic carbocycles. The Balaban J connectivity index is 2.41. The molecule has 0 spiro atoms. The van der Waals surface area contributed by atoms with Crippen molar-refractivity contribution in [1.82, 2.24) is 5.32 Å². The second-order valence-electron chi connectivity index (χ2n) is 2.83. The molecule has 0 radical (unpaired) electrons. The number of primary amides is 1.